The summed E-state index contributed by atoms with van der Waals surface area (Å²) >= 11 is 0. The van der Waals surface area contributed by atoms with E-state index in [1.807, 2.05) is 6.92 Å². The maximum atomic E-state index is 13.0. The van der Waals surface area contributed by atoms with Crippen LogP contribution in [0.1, 0.15) is 13.8 Å². The molecule has 0 saturated heterocycles. The maximum absolute atomic E-state index is 13.0. The summed E-state index contributed by atoms with van der Waals surface area (Å²) < 4.78 is 13.0. The molecule has 0 radical (unpaired) electrons. The highest BCUT2D eigenvalue weighted by molar-refractivity contribution is 5.91. The Balaban J connectivity index is 2.51. The average Bonchev–Trinajstić information content (AvgIpc) is 2.37. The van der Waals surface area contributed by atoms with Crippen LogP contribution in [0.2, 0.25) is 0 Å². The van der Waals surface area contributed by atoms with Gasteiger partial charge in [0.1, 0.15) is 5.82 Å². The third-order valence-corrected chi connectivity index (χ3v) is 3.03. The third kappa shape index (κ3) is 4.97. The topological polar surface area (TPSA) is 62.6 Å². The molecule has 110 valence electrons. The van der Waals surface area contributed by atoms with E-state index in [9.17, 15) is 14.0 Å². The van der Waals surface area contributed by atoms with E-state index in [0.717, 1.165) is 4.90 Å². The summed E-state index contributed by atoms with van der Waals surface area (Å²) in [5, 5.41) is 5.32. The second kappa shape index (κ2) is 7.59. The molecule has 0 heterocycles. The van der Waals surface area contributed by atoms with Crippen molar-refractivity contribution < 1.29 is 18.9 Å². The molecule has 0 spiro atoms. The van der Waals surface area contributed by atoms with E-state index in [4.69, 9.17) is 0 Å². The normalized spacial score (nSPS) is 13.4. The van der Waals surface area contributed by atoms with Crippen LogP contribution in [0.5, 0.6) is 0 Å². The van der Waals surface area contributed by atoms with Crippen LogP contribution < -0.4 is 15.5 Å². The summed E-state index contributed by atoms with van der Waals surface area (Å²) in [6.07, 6.45) is 0. The third-order valence-electron chi connectivity index (χ3n) is 3.03. The van der Waals surface area contributed by atoms with Crippen LogP contribution in [0.15, 0.2) is 24.3 Å². The molecule has 0 bridgehead atoms. The van der Waals surface area contributed by atoms with Gasteiger partial charge in [-0.05, 0) is 32.0 Å². The number of rotatable bonds is 6. The number of halogens is 1. The Kier molecular flexibility index (Phi) is 6.11. The maximum Gasteiger partial charge on any atom is 0.279 e. The minimum atomic E-state index is -0.404. The van der Waals surface area contributed by atoms with Gasteiger partial charge in [-0.2, -0.15) is 0 Å². The minimum absolute atomic E-state index is 0.0939. The van der Waals surface area contributed by atoms with Gasteiger partial charge in [0.15, 0.2) is 12.6 Å². The van der Waals surface area contributed by atoms with Crippen LogP contribution in [-0.4, -0.2) is 38.0 Å². The Hall–Kier alpha value is -1.95. The number of hydrogen-bond acceptors (Lipinski definition) is 2. The fraction of sp³-hybridized carbons (Fsp3) is 0.429. The van der Waals surface area contributed by atoms with Gasteiger partial charge in [0.25, 0.3) is 11.8 Å². The summed E-state index contributed by atoms with van der Waals surface area (Å²) in [7, 11) is 1.77. The summed E-state index contributed by atoms with van der Waals surface area (Å²) in [5.74, 6) is -0.757. The summed E-state index contributed by atoms with van der Waals surface area (Å²) in [5.41, 5.74) is 0.411. The molecule has 1 rings (SSSR count). The number of amides is 2. The van der Waals surface area contributed by atoms with E-state index < -0.39 is 5.82 Å². The molecule has 1 aromatic carbocycles. The predicted molar refractivity (Wildman–Crippen MR) is 74.9 cm³/mol. The number of anilines is 1. The fourth-order valence-electron chi connectivity index (χ4n) is 1.73. The molecule has 0 aliphatic rings. The van der Waals surface area contributed by atoms with Crippen molar-refractivity contribution in [1.29, 1.82) is 0 Å². The first-order valence-corrected chi connectivity index (χ1v) is 6.59. The van der Waals surface area contributed by atoms with Crippen LogP contribution in [0.25, 0.3) is 0 Å². The zero-order chi connectivity index (χ0) is 15.1. The average molecular weight is 282 g/mol. The second-order valence-corrected chi connectivity index (χ2v) is 4.70. The lowest BCUT2D eigenvalue weighted by atomic mass is 10.2. The smallest absolute Gasteiger partial charge is 0.279 e. The molecule has 6 heteroatoms. The molecule has 1 unspecified atom stereocenters. The number of carbonyl (C=O) groups excluding carboxylic acids is 2. The molecular weight excluding hydrogens is 261 g/mol. The van der Waals surface area contributed by atoms with Crippen LogP contribution in [0, 0.1) is 5.82 Å². The van der Waals surface area contributed by atoms with Gasteiger partial charge < -0.3 is 15.5 Å². The SMILES string of the molecule is CCNC(=O)[C@H](C)[NH+](C)CC(=O)Nc1cccc(F)c1. The number of quaternary nitrogens is 1. The Morgan fingerprint density at radius 3 is 2.70 bits per heavy atom. The molecule has 20 heavy (non-hydrogen) atoms. The van der Waals surface area contributed by atoms with Crippen molar-refractivity contribution in [3.63, 3.8) is 0 Å². The van der Waals surface area contributed by atoms with Crippen molar-refractivity contribution in [3.05, 3.63) is 30.1 Å². The highest BCUT2D eigenvalue weighted by Crippen LogP contribution is 2.08. The number of hydrogen-bond donors (Lipinski definition) is 3. The highest BCUT2D eigenvalue weighted by Gasteiger charge is 2.23. The van der Waals surface area contributed by atoms with E-state index in [2.05, 4.69) is 10.6 Å². The molecular formula is C14H21FN3O2+. The second-order valence-electron chi connectivity index (χ2n) is 4.70. The molecule has 0 aliphatic carbocycles. The Bertz CT molecular complexity index is 479. The van der Waals surface area contributed by atoms with Gasteiger partial charge in [-0.25, -0.2) is 4.39 Å². The van der Waals surface area contributed by atoms with Gasteiger partial charge in [0, 0.05) is 12.2 Å². The zero-order valence-electron chi connectivity index (χ0n) is 12.0. The molecule has 2 amide bonds. The Labute approximate surface area is 118 Å². The number of nitrogens with one attached hydrogen (secondary N) is 3. The summed E-state index contributed by atoms with van der Waals surface area (Å²) in [6, 6.07) is 5.38. The van der Waals surface area contributed by atoms with Gasteiger partial charge in [-0.3, -0.25) is 9.59 Å². The molecule has 0 saturated carbocycles. The molecule has 5 nitrogen and oxygen atoms in total. The van der Waals surface area contributed by atoms with Crippen LogP contribution in [0.3, 0.4) is 0 Å². The molecule has 3 N–H and O–H groups in total. The van der Waals surface area contributed by atoms with E-state index in [1.54, 1.807) is 20.0 Å². The van der Waals surface area contributed by atoms with Crippen molar-refractivity contribution in [1.82, 2.24) is 5.32 Å². The molecule has 0 fully saturated rings. The van der Waals surface area contributed by atoms with Gasteiger partial charge in [-0.15, -0.1) is 0 Å². The van der Waals surface area contributed by atoms with Crippen LogP contribution >= 0.6 is 0 Å². The van der Waals surface area contributed by atoms with E-state index in [-0.39, 0.29) is 24.4 Å². The van der Waals surface area contributed by atoms with Crippen molar-refractivity contribution in [2.24, 2.45) is 0 Å². The fourth-order valence-corrected chi connectivity index (χ4v) is 1.73. The van der Waals surface area contributed by atoms with Gasteiger partial charge >= 0.3 is 0 Å². The van der Waals surface area contributed by atoms with E-state index >= 15 is 0 Å². The van der Waals surface area contributed by atoms with Crippen molar-refractivity contribution in [3.8, 4) is 0 Å². The Morgan fingerprint density at radius 1 is 1.40 bits per heavy atom. The lowest BCUT2D eigenvalue weighted by Gasteiger charge is -2.20. The van der Waals surface area contributed by atoms with Crippen molar-refractivity contribution >= 4 is 17.5 Å². The monoisotopic (exact) mass is 282 g/mol. The lowest BCUT2D eigenvalue weighted by molar-refractivity contribution is -0.885. The summed E-state index contributed by atoms with van der Waals surface area (Å²) in [6.45, 7) is 4.30. The lowest BCUT2D eigenvalue weighted by Crippen LogP contribution is -3.15. The van der Waals surface area contributed by atoms with Gasteiger partial charge in [-0.1, -0.05) is 6.07 Å². The highest BCUT2D eigenvalue weighted by atomic mass is 19.1. The van der Waals surface area contributed by atoms with E-state index in [0.29, 0.717) is 12.2 Å². The van der Waals surface area contributed by atoms with Gasteiger partial charge in [0.2, 0.25) is 0 Å². The largest absolute Gasteiger partial charge is 0.351 e. The van der Waals surface area contributed by atoms with Gasteiger partial charge in [0.05, 0.1) is 7.05 Å². The standard InChI is InChI=1S/C14H20FN3O2/c1-4-16-14(20)10(2)18(3)9-13(19)17-12-7-5-6-11(15)8-12/h5-8,10H,4,9H2,1-3H3,(H,16,20)(H,17,19)/p+1/t10-/m0/s1. The predicted octanol–water partition coefficient (Wildman–Crippen LogP) is -0.196. The van der Waals surface area contributed by atoms with Crippen LogP contribution in [0.4, 0.5) is 10.1 Å². The van der Waals surface area contributed by atoms with E-state index in [1.165, 1.54) is 18.2 Å². The number of likely N-dealkylation sites (N-methyl/N-ethyl adjacent to an activating group) is 2. The number of carbonyl (C=O) groups is 2. The molecule has 2 atom stereocenters. The molecule has 0 aromatic heterocycles. The van der Waals surface area contributed by atoms with Crippen molar-refractivity contribution in [2.75, 3.05) is 25.5 Å². The number of benzene rings is 1. The Morgan fingerprint density at radius 2 is 2.10 bits per heavy atom. The molecule has 1 aromatic rings. The first kappa shape index (κ1) is 16.1. The van der Waals surface area contributed by atoms with Crippen LogP contribution in [-0.2, 0) is 9.59 Å². The van der Waals surface area contributed by atoms with Crippen molar-refractivity contribution in [2.45, 2.75) is 19.9 Å². The molecule has 0 aliphatic heterocycles. The quantitative estimate of drug-likeness (QED) is 0.677. The first-order chi connectivity index (χ1) is 9.43. The first-order valence-electron chi connectivity index (χ1n) is 6.59. The summed E-state index contributed by atoms with van der Waals surface area (Å²) in [4.78, 5) is 24.3. The minimum Gasteiger partial charge on any atom is -0.351 e. The zero-order valence-corrected chi connectivity index (χ0v) is 12.0.